The maximum Gasteiger partial charge on any atom is 0.118 e. The van der Waals surface area contributed by atoms with Gasteiger partial charge < -0.3 is 9.80 Å². The topological polar surface area (TPSA) is 20.9 Å². The van der Waals surface area contributed by atoms with Gasteiger partial charge >= 0.3 is 0 Å². The second kappa shape index (κ2) is 2.98. The van der Waals surface area contributed by atoms with Gasteiger partial charge in [-0.15, -0.1) is 0 Å². The van der Waals surface area contributed by atoms with E-state index in [2.05, 4.69) is 19.4 Å². The average Bonchev–Trinajstić information content (AvgIpc) is 2.32. The molecule has 0 aliphatic carbocycles. The van der Waals surface area contributed by atoms with Crippen molar-refractivity contribution in [1.29, 1.82) is 0 Å². The van der Waals surface area contributed by atoms with Gasteiger partial charge in [-0.25, -0.2) is 0 Å². The van der Waals surface area contributed by atoms with Crippen LogP contribution in [0.4, 0.5) is 0 Å². The Bertz CT molecular complexity index is 167. The van der Waals surface area contributed by atoms with E-state index in [9.17, 15) is 0 Å². The Balaban J connectivity index is 2.00. The molecule has 0 aromatic heterocycles. The highest BCUT2D eigenvalue weighted by atomic mass is 15.3. The number of nitrogens with one attached hydrogen (secondary N) is 3. The molecule has 1 spiro atoms. The molecule has 12 heavy (non-hydrogen) atoms. The molecule has 3 N–H and O–H groups in total. The predicted molar refractivity (Wildman–Crippen MR) is 47.5 cm³/mol. The lowest BCUT2D eigenvalue weighted by Gasteiger charge is -2.39. The summed E-state index contributed by atoms with van der Waals surface area (Å²) in [4.78, 5) is 2.83. The summed E-state index contributed by atoms with van der Waals surface area (Å²) >= 11 is 0. The molecule has 0 aromatic rings. The molecule has 70 valence electrons. The van der Waals surface area contributed by atoms with Crippen molar-refractivity contribution in [2.45, 2.75) is 12.0 Å². The second-order valence-electron chi connectivity index (χ2n) is 4.31. The fraction of sp³-hybridized carbons (Fsp3) is 0.778. The number of quaternary nitrogens is 2. The van der Waals surface area contributed by atoms with E-state index in [1.54, 1.807) is 0 Å². The third kappa shape index (κ3) is 1.49. The molecule has 0 aromatic carbocycles. The summed E-state index contributed by atoms with van der Waals surface area (Å²) in [5.74, 6) is 0. The van der Waals surface area contributed by atoms with E-state index in [0.717, 1.165) is 13.1 Å². The summed E-state index contributed by atoms with van der Waals surface area (Å²) in [6.45, 7) is 5.83. The molecule has 2 aliphatic rings. The van der Waals surface area contributed by atoms with Crippen molar-refractivity contribution < 1.29 is 9.80 Å². The predicted octanol–water partition coefficient (Wildman–Crippen LogP) is -2.91. The Labute approximate surface area is 74.7 Å². The van der Waals surface area contributed by atoms with Crippen LogP contribution in [0.2, 0.25) is 0 Å². The first-order valence-corrected chi connectivity index (χ1v) is 4.79. The quantitative estimate of drug-likeness (QED) is 0.332. The van der Waals surface area contributed by atoms with Gasteiger partial charge in [0, 0.05) is 13.0 Å². The van der Waals surface area contributed by atoms with E-state index >= 15 is 0 Å². The lowest BCUT2D eigenvalue weighted by atomic mass is 9.96. The van der Waals surface area contributed by atoms with Gasteiger partial charge in [-0.3, -0.25) is 5.32 Å². The molecule has 2 fully saturated rings. The smallest absolute Gasteiger partial charge is 0.118 e. The van der Waals surface area contributed by atoms with Crippen LogP contribution >= 0.6 is 0 Å². The minimum absolute atomic E-state index is 0.367. The molecule has 0 radical (unpaired) electrons. The molecule has 0 amide bonds. The molecule has 2 aliphatic heterocycles. The highest BCUT2D eigenvalue weighted by molar-refractivity contribution is 4.91. The van der Waals surface area contributed by atoms with Crippen molar-refractivity contribution in [3.05, 3.63) is 14.1 Å². The molecule has 0 saturated carbocycles. The van der Waals surface area contributed by atoms with E-state index in [0.29, 0.717) is 5.54 Å². The summed E-state index contributed by atoms with van der Waals surface area (Å²) in [5.41, 5.74) is 0.367. The highest BCUT2D eigenvalue weighted by Crippen LogP contribution is 2.10. The molecule has 0 bridgehead atoms. The average molecular weight is 169 g/mol. The monoisotopic (exact) mass is 169 g/mol. The largest absolute Gasteiger partial charge is 0.466 e. The minimum Gasteiger partial charge on any atom is -0.466 e. The van der Waals surface area contributed by atoms with Crippen LogP contribution in [0.5, 0.6) is 0 Å². The van der Waals surface area contributed by atoms with E-state index in [1.165, 1.54) is 35.9 Å². The molecular formula is C9H19N3. The summed E-state index contributed by atoms with van der Waals surface area (Å²) < 4.78 is 0. The van der Waals surface area contributed by atoms with Gasteiger partial charge in [0.25, 0.3) is 0 Å². The summed E-state index contributed by atoms with van der Waals surface area (Å²) in [5, 5.41) is 3.63. The van der Waals surface area contributed by atoms with Gasteiger partial charge in [0.15, 0.2) is 0 Å². The number of hydrogen-bond donors (Lipinski definition) is 3. The number of piperazine rings is 1. The first kappa shape index (κ1) is 8.48. The van der Waals surface area contributed by atoms with Gasteiger partial charge in [-0.1, -0.05) is 0 Å². The molecule has 3 unspecified atom stereocenters. The molecule has 2 saturated heterocycles. The van der Waals surface area contributed by atoms with Crippen LogP contribution < -0.4 is 15.1 Å². The third-order valence-corrected chi connectivity index (χ3v) is 3.11. The van der Waals surface area contributed by atoms with Crippen molar-refractivity contribution in [1.82, 2.24) is 5.32 Å². The molecule has 3 nitrogen and oxygen atoms in total. The first-order valence-electron chi connectivity index (χ1n) is 4.79. The Morgan fingerprint density at radius 2 is 1.75 bits per heavy atom. The summed E-state index contributed by atoms with van der Waals surface area (Å²) in [6, 6.07) is 0. The lowest BCUT2D eigenvalue weighted by Crippen LogP contribution is -3.14. The number of hydrogen-bond acceptors (Lipinski definition) is 1. The highest BCUT2D eigenvalue weighted by Gasteiger charge is 2.41. The van der Waals surface area contributed by atoms with E-state index < -0.39 is 0 Å². The normalized spacial score (nSPS) is 48.5. The van der Waals surface area contributed by atoms with E-state index in [-0.39, 0.29) is 0 Å². The zero-order valence-electron chi connectivity index (χ0n) is 7.66. The first-order chi connectivity index (χ1) is 5.70. The molecule has 2 rings (SSSR count). The van der Waals surface area contributed by atoms with Crippen LogP contribution in [0.25, 0.3) is 0 Å². The van der Waals surface area contributed by atoms with Crippen molar-refractivity contribution in [3.8, 4) is 0 Å². The van der Waals surface area contributed by atoms with Gasteiger partial charge in [0.05, 0.1) is 26.2 Å². The van der Waals surface area contributed by atoms with Crippen LogP contribution in [0.3, 0.4) is 0 Å². The van der Waals surface area contributed by atoms with Crippen molar-refractivity contribution in [2.75, 3.05) is 32.7 Å². The van der Waals surface area contributed by atoms with E-state index in [1.807, 2.05) is 0 Å². The fourth-order valence-electron chi connectivity index (χ4n) is 2.51. The Hall–Kier alpha value is -0.120. The van der Waals surface area contributed by atoms with Crippen LogP contribution in [-0.2, 0) is 0 Å². The van der Waals surface area contributed by atoms with Crippen LogP contribution in [-0.4, -0.2) is 38.3 Å². The Morgan fingerprint density at radius 3 is 2.33 bits per heavy atom. The third-order valence-electron chi connectivity index (χ3n) is 3.11. The van der Waals surface area contributed by atoms with Crippen molar-refractivity contribution in [3.63, 3.8) is 0 Å². The number of rotatable bonds is 0. The summed E-state index contributed by atoms with van der Waals surface area (Å²) in [7, 11) is 8.15. The fourth-order valence-corrected chi connectivity index (χ4v) is 2.51. The Kier molecular flexibility index (Phi) is 2.10. The van der Waals surface area contributed by atoms with E-state index in [4.69, 9.17) is 0 Å². The summed E-state index contributed by atoms with van der Waals surface area (Å²) in [6.07, 6.45) is 1.27. The zero-order chi connectivity index (χ0) is 8.60. The second-order valence-corrected chi connectivity index (χ2v) is 4.31. The maximum absolute atomic E-state index is 4.09. The standard InChI is InChI=1S/C9H19N3/c1-11-5-3-9(7-11)8-12(2)6-4-10-9/h10-12H,1-8H2. The van der Waals surface area contributed by atoms with Crippen LogP contribution in [0.1, 0.15) is 6.42 Å². The van der Waals surface area contributed by atoms with Crippen molar-refractivity contribution >= 4 is 0 Å². The van der Waals surface area contributed by atoms with Gasteiger partial charge in [-0.05, 0) is 0 Å². The van der Waals surface area contributed by atoms with Crippen LogP contribution in [0.15, 0.2) is 0 Å². The maximum atomic E-state index is 4.09. The van der Waals surface area contributed by atoms with Gasteiger partial charge in [0.2, 0.25) is 0 Å². The Morgan fingerprint density at radius 1 is 1.08 bits per heavy atom. The molecule has 3 atom stereocenters. The SMILES string of the molecule is [CH2-][NH+]1CCNC2(CC[NH+]([CH2-])C2)C1. The zero-order valence-corrected chi connectivity index (χ0v) is 7.66. The molecule has 3 heteroatoms. The molecule has 2 heterocycles. The molecular weight excluding hydrogens is 150 g/mol. The van der Waals surface area contributed by atoms with Crippen molar-refractivity contribution in [2.24, 2.45) is 0 Å². The lowest BCUT2D eigenvalue weighted by molar-refractivity contribution is -0.873. The van der Waals surface area contributed by atoms with Gasteiger partial charge in [0.1, 0.15) is 5.54 Å². The van der Waals surface area contributed by atoms with Crippen LogP contribution in [0, 0.1) is 14.1 Å². The minimum atomic E-state index is 0.367. The van der Waals surface area contributed by atoms with Gasteiger partial charge in [-0.2, -0.15) is 14.1 Å². The number of likely N-dealkylation sites (tertiary alicyclic amines) is 1.